The van der Waals surface area contributed by atoms with E-state index in [4.69, 9.17) is 4.99 Å². The van der Waals surface area contributed by atoms with Crippen molar-refractivity contribution in [3.8, 4) is 0 Å². The summed E-state index contributed by atoms with van der Waals surface area (Å²) in [4.78, 5) is 19.9. The lowest BCUT2D eigenvalue weighted by molar-refractivity contribution is -0.117. The molecule has 3 rings (SSSR count). The fraction of sp³-hybridized carbons (Fsp3) is 0.652. The van der Waals surface area contributed by atoms with Gasteiger partial charge in [-0.1, -0.05) is 70.3 Å². The van der Waals surface area contributed by atoms with Crippen molar-refractivity contribution >= 4 is 40.9 Å². The van der Waals surface area contributed by atoms with E-state index >= 15 is 0 Å². The van der Waals surface area contributed by atoms with Gasteiger partial charge < -0.3 is 10.2 Å². The minimum Gasteiger partial charge on any atom is -0.350 e. The van der Waals surface area contributed by atoms with Gasteiger partial charge >= 0.3 is 0 Å². The van der Waals surface area contributed by atoms with Gasteiger partial charge in [0.1, 0.15) is 0 Å². The van der Waals surface area contributed by atoms with Crippen LogP contribution in [0.4, 0.5) is 5.69 Å². The maximum Gasteiger partial charge on any atom is 0.226 e. The summed E-state index contributed by atoms with van der Waals surface area (Å²) in [7, 11) is 2.10. The van der Waals surface area contributed by atoms with Gasteiger partial charge in [0.2, 0.25) is 5.91 Å². The van der Waals surface area contributed by atoms with Crippen molar-refractivity contribution < 1.29 is 4.79 Å². The van der Waals surface area contributed by atoms with E-state index in [1.54, 1.807) is 0 Å². The van der Waals surface area contributed by atoms with E-state index in [0.29, 0.717) is 23.6 Å². The van der Waals surface area contributed by atoms with E-state index in [0.717, 1.165) is 10.9 Å². The first-order valence-corrected chi connectivity index (χ1v) is 11.7. The van der Waals surface area contributed by atoms with Gasteiger partial charge in [-0.3, -0.25) is 9.79 Å². The average molecular weight is 438 g/mol. The lowest BCUT2D eigenvalue weighted by atomic mass is 10.0. The Hall–Kier alpha value is -1.20. The van der Waals surface area contributed by atoms with Gasteiger partial charge in [-0.2, -0.15) is 0 Å². The molecule has 1 amide bonds. The molecule has 1 saturated carbocycles. The number of benzene rings is 1. The van der Waals surface area contributed by atoms with Gasteiger partial charge in [0.15, 0.2) is 5.17 Å². The van der Waals surface area contributed by atoms with Crippen LogP contribution in [0.15, 0.2) is 29.3 Å². The van der Waals surface area contributed by atoms with Gasteiger partial charge in [-0.05, 0) is 36.5 Å². The Labute approximate surface area is 186 Å². The molecule has 0 spiro atoms. The largest absolute Gasteiger partial charge is 0.350 e. The van der Waals surface area contributed by atoms with Crippen LogP contribution in [-0.2, 0) is 4.79 Å². The van der Waals surface area contributed by atoms with Gasteiger partial charge in [0, 0.05) is 24.4 Å². The number of carbonyl (C=O) groups is 1. The Morgan fingerprint density at radius 2 is 1.79 bits per heavy atom. The topological polar surface area (TPSA) is 44.7 Å². The second kappa shape index (κ2) is 11.3. The molecule has 1 aromatic carbocycles. The number of rotatable bonds is 5. The molecule has 2 aliphatic rings. The van der Waals surface area contributed by atoms with Crippen molar-refractivity contribution in [2.24, 2.45) is 4.99 Å². The summed E-state index contributed by atoms with van der Waals surface area (Å²) in [5.41, 5.74) is 2.17. The molecule has 0 aromatic heterocycles. The van der Waals surface area contributed by atoms with Crippen LogP contribution < -0.4 is 5.32 Å². The van der Waals surface area contributed by atoms with Gasteiger partial charge in [0.25, 0.3) is 0 Å². The third kappa shape index (κ3) is 6.65. The highest BCUT2D eigenvalue weighted by molar-refractivity contribution is 8.14. The molecule has 1 saturated heterocycles. The zero-order chi connectivity index (χ0) is 20.1. The van der Waals surface area contributed by atoms with Crippen molar-refractivity contribution in [2.75, 3.05) is 12.4 Å². The number of amides is 1. The first kappa shape index (κ1) is 24.1. The highest BCUT2D eigenvalue weighted by Crippen LogP contribution is 2.33. The van der Waals surface area contributed by atoms with Crippen LogP contribution >= 0.6 is 24.2 Å². The molecular weight excluding hydrogens is 402 g/mol. The number of aliphatic imine (C=N–C) groups is 1. The number of hydrogen-bond donors (Lipinski definition) is 1. The normalized spacial score (nSPS) is 24.4. The zero-order valence-electron chi connectivity index (χ0n) is 18.2. The van der Waals surface area contributed by atoms with Crippen LogP contribution in [0.2, 0.25) is 0 Å². The second-order valence-corrected chi connectivity index (χ2v) is 9.93. The molecule has 2 fully saturated rings. The summed E-state index contributed by atoms with van der Waals surface area (Å²) >= 11 is 1.83. The quantitative estimate of drug-likeness (QED) is 0.568. The molecule has 1 aliphatic carbocycles. The van der Waals surface area contributed by atoms with Crippen LogP contribution in [0.5, 0.6) is 0 Å². The van der Waals surface area contributed by atoms with Crippen molar-refractivity contribution in [2.45, 2.75) is 89.0 Å². The molecule has 0 bridgehead atoms. The Balaban J connectivity index is 0.00000300. The van der Waals surface area contributed by atoms with Gasteiger partial charge in [-0.15, -0.1) is 12.4 Å². The van der Waals surface area contributed by atoms with Gasteiger partial charge in [-0.25, -0.2) is 0 Å². The van der Waals surface area contributed by atoms with E-state index in [1.165, 1.54) is 44.1 Å². The standard InChI is InChI=1S/C23H35N3OS.ClH/c1-16(2)18-11-13-20(14-12-18)24-22(27)15-21-17(3)28-23(26(21)4)25-19-9-7-5-6-8-10-19;/h11-14,16-17,19,21H,5-10,15H2,1-4H3,(H,24,27);1H/b25-23-;. The molecule has 2 unspecified atom stereocenters. The smallest absolute Gasteiger partial charge is 0.226 e. The molecule has 0 radical (unpaired) electrons. The van der Waals surface area contributed by atoms with E-state index < -0.39 is 0 Å². The average Bonchev–Trinajstić information content (AvgIpc) is 2.85. The Morgan fingerprint density at radius 3 is 2.38 bits per heavy atom. The minimum atomic E-state index is 0. The van der Waals surface area contributed by atoms with Crippen molar-refractivity contribution in [1.82, 2.24) is 4.90 Å². The van der Waals surface area contributed by atoms with Crippen LogP contribution in [-0.4, -0.2) is 40.4 Å². The fourth-order valence-electron chi connectivity index (χ4n) is 4.11. The van der Waals surface area contributed by atoms with E-state index in [-0.39, 0.29) is 24.4 Å². The molecule has 1 aliphatic heterocycles. The molecule has 29 heavy (non-hydrogen) atoms. The summed E-state index contributed by atoms with van der Waals surface area (Å²) < 4.78 is 0. The van der Waals surface area contributed by atoms with Crippen LogP contribution in [0.1, 0.15) is 77.2 Å². The zero-order valence-corrected chi connectivity index (χ0v) is 19.8. The monoisotopic (exact) mass is 437 g/mol. The lowest BCUT2D eigenvalue weighted by Crippen LogP contribution is -2.36. The van der Waals surface area contributed by atoms with E-state index in [2.05, 4.69) is 50.2 Å². The summed E-state index contributed by atoms with van der Waals surface area (Å²) in [6, 6.07) is 8.86. The Morgan fingerprint density at radius 1 is 1.17 bits per heavy atom. The molecule has 6 heteroatoms. The third-order valence-corrected chi connectivity index (χ3v) is 7.30. The highest BCUT2D eigenvalue weighted by atomic mass is 35.5. The second-order valence-electron chi connectivity index (χ2n) is 8.59. The number of carbonyl (C=O) groups excluding carboxylic acids is 1. The van der Waals surface area contributed by atoms with Crippen molar-refractivity contribution in [3.05, 3.63) is 29.8 Å². The number of hydrogen-bond acceptors (Lipinski definition) is 3. The van der Waals surface area contributed by atoms with Gasteiger partial charge in [0.05, 0.1) is 12.1 Å². The number of nitrogens with one attached hydrogen (secondary N) is 1. The molecule has 162 valence electrons. The summed E-state index contributed by atoms with van der Waals surface area (Å²) in [6.45, 7) is 6.57. The van der Waals surface area contributed by atoms with Crippen LogP contribution in [0, 0.1) is 0 Å². The molecule has 2 atom stereocenters. The number of thioether (sulfide) groups is 1. The highest BCUT2D eigenvalue weighted by Gasteiger charge is 2.35. The Bertz CT molecular complexity index is 684. The molecule has 1 N–H and O–H groups in total. The minimum absolute atomic E-state index is 0. The number of anilines is 1. The number of nitrogens with zero attached hydrogens (tertiary/aromatic N) is 2. The fourth-order valence-corrected chi connectivity index (χ4v) is 5.39. The summed E-state index contributed by atoms with van der Waals surface area (Å²) in [5, 5.41) is 4.57. The van der Waals surface area contributed by atoms with Crippen molar-refractivity contribution in [3.63, 3.8) is 0 Å². The SMILES string of the molecule is CC(C)c1ccc(NC(=O)CC2C(C)S/C(=N\C3CCCCCC3)N2C)cc1.Cl. The van der Waals surface area contributed by atoms with Crippen molar-refractivity contribution in [1.29, 1.82) is 0 Å². The molecular formula is C23H36ClN3OS. The number of halogens is 1. The Kier molecular flexibility index (Phi) is 9.35. The van der Waals surface area contributed by atoms with Crippen LogP contribution in [0.3, 0.4) is 0 Å². The first-order valence-electron chi connectivity index (χ1n) is 10.8. The molecule has 1 aromatic rings. The number of amidine groups is 1. The predicted molar refractivity (Wildman–Crippen MR) is 129 cm³/mol. The molecule has 1 heterocycles. The maximum atomic E-state index is 12.6. The lowest BCUT2D eigenvalue weighted by Gasteiger charge is -2.23. The molecule has 4 nitrogen and oxygen atoms in total. The summed E-state index contributed by atoms with van der Waals surface area (Å²) in [6.07, 6.45) is 8.22. The van der Waals surface area contributed by atoms with E-state index in [1.807, 2.05) is 23.9 Å². The first-order chi connectivity index (χ1) is 13.4. The van der Waals surface area contributed by atoms with Crippen LogP contribution in [0.25, 0.3) is 0 Å². The summed E-state index contributed by atoms with van der Waals surface area (Å²) in [5.74, 6) is 0.582. The predicted octanol–water partition coefficient (Wildman–Crippen LogP) is 6.07. The third-order valence-electron chi connectivity index (χ3n) is 6.01. The van der Waals surface area contributed by atoms with E-state index in [9.17, 15) is 4.79 Å². The maximum absolute atomic E-state index is 12.6.